The summed E-state index contributed by atoms with van der Waals surface area (Å²) in [6, 6.07) is 2.57. The molecule has 1 fully saturated rings. The van der Waals surface area contributed by atoms with Gasteiger partial charge in [0.05, 0.1) is 11.1 Å². The Kier molecular flexibility index (Phi) is 3.28. The minimum Gasteiger partial charge on any atom is -0.394 e. The van der Waals surface area contributed by atoms with Crippen LogP contribution >= 0.6 is 15.9 Å². The lowest BCUT2D eigenvalue weighted by Gasteiger charge is -2.15. The molecule has 1 aliphatic rings. The predicted octanol–water partition coefficient (Wildman–Crippen LogP) is 2.34. The van der Waals surface area contributed by atoms with E-state index in [1.165, 1.54) is 12.1 Å². The highest BCUT2D eigenvalue weighted by Gasteiger charge is 2.41. The van der Waals surface area contributed by atoms with Crippen LogP contribution in [0, 0.1) is 11.6 Å². The summed E-state index contributed by atoms with van der Waals surface area (Å²) < 4.78 is 27.2. The fraction of sp³-hybridized carbons (Fsp3) is 0.455. The maximum atomic E-state index is 13.6. The van der Waals surface area contributed by atoms with Crippen molar-refractivity contribution in [1.82, 2.24) is 5.32 Å². The molecule has 1 aromatic rings. The lowest BCUT2D eigenvalue weighted by Crippen LogP contribution is -2.34. The molecule has 1 aromatic carbocycles. The molecular weight excluding hydrogens is 280 g/mol. The summed E-state index contributed by atoms with van der Waals surface area (Å²) in [5, 5.41) is 12.1. The first kappa shape index (κ1) is 12.0. The van der Waals surface area contributed by atoms with Crippen LogP contribution in [0.2, 0.25) is 0 Å². The molecule has 0 atom stereocenters. The van der Waals surface area contributed by atoms with Gasteiger partial charge in [-0.3, -0.25) is 0 Å². The van der Waals surface area contributed by atoms with Gasteiger partial charge in [0.1, 0.15) is 11.6 Å². The lowest BCUT2D eigenvalue weighted by atomic mass is 10.1. The zero-order chi connectivity index (χ0) is 11.8. The third-order valence-corrected chi connectivity index (χ3v) is 3.55. The fourth-order valence-electron chi connectivity index (χ4n) is 1.55. The zero-order valence-corrected chi connectivity index (χ0v) is 10.2. The Balaban J connectivity index is 2.12. The third-order valence-electron chi connectivity index (χ3n) is 2.94. The van der Waals surface area contributed by atoms with E-state index < -0.39 is 11.6 Å². The molecule has 5 heteroatoms. The van der Waals surface area contributed by atoms with Gasteiger partial charge >= 0.3 is 0 Å². The first-order valence-electron chi connectivity index (χ1n) is 5.06. The predicted molar refractivity (Wildman–Crippen MR) is 59.9 cm³/mol. The number of nitrogens with one attached hydrogen (secondary N) is 1. The molecule has 1 aliphatic carbocycles. The van der Waals surface area contributed by atoms with Crippen molar-refractivity contribution in [1.29, 1.82) is 0 Å². The Morgan fingerprint density at radius 2 is 2.06 bits per heavy atom. The van der Waals surface area contributed by atoms with Crippen LogP contribution in [0.5, 0.6) is 0 Å². The van der Waals surface area contributed by atoms with Crippen molar-refractivity contribution in [3.63, 3.8) is 0 Å². The second kappa shape index (κ2) is 4.39. The second-order valence-corrected chi connectivity index (χ2v) is 4.97. The fourth-order valence-corrected chi connectivity index (χ4v) is 1.92. The van der Waals surface area contributed by atoms with Gasteiger partial charge < -0.3 is 10.4 Å². The Hall–Kier alpha value is -0.520. The number of aliphatic hydroxyl groups is 1. The van der Waals surface area contributed by atoms with Gasteiger partial charge in [-0.15, -0.1) is 0 Å². The van der Waals surface area contributed by atoms with Gasteiger partial charge in [-0.25, -0.2) is 8.78 Å². The molecule has 1 saturated carbocycles. The van der Waals surface area contributed by atoms with Crippen LogP contribution in [0.1, 0.15) is 18.4 Å². The van der Waals surface area contributed by atoms with Crippen molar-refractivity contribution in [2.45, 2.75) is 24.9 Å². The second-order valence-electron chi connectivity index (χ2n) is 4.11. The monoisotopic (exact) mass is 291 g/mol. The van der Waals surface area contributed by atoms with E-state index in [-0.39, 0.29) is 28.7 Å². The minimum atomic E-state index is -0.582. The van der Waals surface area contributed by atoms with Gasteiger partial charge in [-0.2, -0.15) is 0 Å². The summed E-state index contributed by atoms with van der Waals surface area (Å²) in [4.78, 5) is 0. The average molecular weight is 292 g/mol. The maximum Gasteiger partial charge on any atom is 0.144 e. The van der Waals surface area contributed by atoms with Gasteiger partial charge in [0.2, 0.25) is 0 Å². The number of benzene rings is 1. The van der Waals surface area contributed by atoms with Crippen LogP contribution in [-0.2, 0) is 6.54 Å². The quantitative estimate of drug-likeness (QED) is 0.835. The van der Waals surface area contributed by atoms with Crippen LogP contribution in [-0.4, -0.2) is 17.3 Å². The smallest absolute Gasteiger partial charge is 0.144 e. The largest absolute Gasteiger partial charge is 0.394 e. The summed E-state index contributed by atoms with van der Waals surface area (Å²) >= 11 is 3.01. The number of hydrogen-bond acceptors (Lipinski definition) is 2. The van der Waals surface area contributed by atoms with Gasteiger partial charge in [0.15, 0.2) is 0 Å². The molecule has 2 rings (SSSR count). The van der Waals surface area contributed by atoms with Crippen LogP contribution in [0.15, 0.2) is 16.6 Å². The molecule has 0 unspecified atom stereocenters. The molecule has 2 N–H and O–H groups in total. The summed E-state index contributed by atoms with van der Waals surface area (Å²) in [7, 11) is 0. The number of hydrogen-bond donors (Lipinski definition) is 2. The highest BCUT2D eigenvalue weighted by atomic mass is 79.9. The average Bonchev–Trinajstić information content (AvgIpc) is 3.05. The zero-order valence-electron chi connectivity index (χ0n) is 8.56. The summed E-state index contributed by atoms with van der Waals surface area (Å²) in [6.07, 6.45) is 1.70. The van der Waals surface area contributed by atoms with E-state index in [0.717, 1.165) is 12.8 Å². The Labute approximate surface area is 101 Å². The normalized spacial score (nSPS) is 17.5. The van der Waals surface area contributed by atoms with E-state index >= 15 is 0 Å². The van der Waals surface area contributed by atoms with Crippen molar-refractivity contribution in [3.8, 4) is 0 Å². The van der Waals surface area contributed by atoms with E-state index in [4.69, 9.17) is 5.11 Å². The minimum absolute atomic E-state index is 0.00421. The highest BCUT2D eigenvalue weighted by Crippen LogP contribution is 2.35. The molecule has 0 saturated heterocycles. The van der Waals surface area contributed by atoms with Gasteiger partial charge in [0.25, 0.3) is 0 Å². The highest BCUT2D eigenvalue weighted by molar-refractivity contribution is 9.10. The first-order valence-corrected chi connectivity index (χ1v) is 5.85. The van der Waals surface area contributed by atoms with Crippen molar-refractivity contribution in [2.24, 2.45) is 0 Å². The Bertz CT molecular complexity index is 407. The SMILES string of the molecule is OCC1(NCc2c(F)ccc(Br)c2F)CC1. The molecular formula is C11H12BrF2NO. The molecule has 0 amide bonds. The van der Waals surface area contributed by atoms with Gasteiger partial charge in [-0.1, -0.05) is 0 Å². The summed E-state index contributed by atoms with van der Waals surface area (Å²) in [6.45, 7) is 0.0991. The molecule has 0 radical (unpaired) electrons. The summed E-state index contributed by atoms with van der Waals surface area (Å²) in [5.41, 5.74) is -0.310. The van der Waals surface area contributed by atoms with Crippen LogP contribution in [0.4, 0.5) is 8.78 Å². The standard InChI is InChI=1S/C11H12BrF2NO/c12-8-1-2-9(13)7(10(8)14)5-15-11(6-16)3-4-11/h1-2,15-16H,3-6H2. The van der Waals surface area contributed by atoms with E-state index in [1.807, 2.05) is 0 Å². The maximum absolute atomic E-state index is 13.6. The van der Waals surface area contributed by atoms with Gasteiger partial charge in [-0.05, 0) is 40.9 Å². The molecule has 0 aliphatic heterocycles. The molecule has 0 aromatic heterocycles. The number of rotatable bonds is 4. The lowest BCUT2D eigenvalue weighted by molar-refractivity contribution is 0.228. The molecule has 16 heavy (non-hydrogen) atoms. The molecule has 88 valence electrons. The van der Waals surface area contributed by atoms with Crippen LogP contribution in [0.3, 0.4) is 0 Å². The van der Waals surface area contributed by atoms with Crippen LogP contribution < -0.4 is 5.32 Å². The molecule has 0 spiro atoms. The molecule has 2 nitrogen and oxygen atoms in total. The number of aliphatic hydroxyl groups excluding tert-OH is 1. The van der Waals surface area contributed by atoms with Crippen molar-refractivity contribution < 1.29 is 13.9 Å². The summed E-state index contributed by atoms with van der Waals surface area (Å²) in [5.74, 6) is -1.15. The first-order chi connectivity index (χ1) is 7.58. The van der Waals surface area contributed by atoms with Gasteiger partial charge in [0, 0.05) is 17.6 Å². The van der Waals surface area contributed by atoms with E-state index in [1.54, 1.807) is 0 Å². The van der Waals surface area contributed by atoms with Crippen molar-refractivity contribution >= 4 is 15.9 Å². The third kappa shape index (κ3) is 2.26. The van der Waals surface area contributed by atoms with Crippen molar-refractivity contribution in [2.75, 3.05) is 6.61 Å². The van der Waals surface area contributed by atoms with E-state index in [0.29, 0.717) is 0 Å². The Morgan fingerprint density at radius 3 is 2.62 bits per heavy atom. The molecule has 0 heterocycles. The Morgan fingerprint density at radius 1 is 1.38 bits per heavy atom. The number of halogens is 3. The van der Waals surface area contributed by atoms with E-state index in [9.17, 15) is 8.78 Å². The topological polar surface area (TPSA) is 32.3 Å². The van der Waals surface area contributed by atoms with Crippen LogP contribution in [0.25, 0.3) is 0 Å². The van der Waals surface area contributed by atoms with E-state index in [2.05, 4.69) is 21.2 Å². The molecule has 0 bridgehead atoms. The van der Waals surface area contributed by atoms with Crippen molar-refractivity contribution in [3.05, 3.63) is 33.8 Å².